The average Bonchev–Trinajstić information content (AvgIpc) is 2.87. The first kappa shape index (κ1) is 17.1. The highest BCUT2D eigenvalue weighted by Gasteiger charge is 2.22. The first-order valence-electron chi connectivity index (χ1n) is 7.43. The lowest BCUT2D eigenvalue weighted by Crippen LogP contribution is -2.46. The Labute approximate surface area is 138 Å². The number of amides is 1. The van der Waals surface area contributed by atoms with Crippen molar-refractivity contribution < 1.29 is 14.7 Å². The number of carbonyl (C=O) groups is 2. The van der Waals surface area contributed by atoms with Crippen LogP contribution in [0.4, 0.5) is 5.82 Å². The zero-order valence-corrected chi connectivity index (χ0v) is 14.1. The van der Waals surface area contributed by atoms with Crippen molar-refractivity contribution in [3.8, 4) is 0 Å². The number of aryl methyl sites for hydroxylation is 1. The number of fused-ring (bicyclic) bond motifs is 1. The minimum absolute atomic E-state index is 0.371. The third-order valence-electron chi connectivity index (χ3n) is 3.39. The molecule has 2 unspecified atom stereocenters. The van der Waals surface area contributed by atoms with E-state index in [-0.39, 0.29) is 5.91 Å². The Morgan fingerprint density at radius 2 is 2.13 bits per heavy atom. The summed E-state index contributed by atoms with van der Waals surface area (Å²) in [5.74, 6) is -0.820. The highest BCUT2D eigenvalue weighted by molar-refractivity contribution is 7.18. The lowest BCUT2D eigenvalue weighted by Gasteiger charge is -2.18. The van der Waals surface area contributed by atoms with Crippen molar-refractivity contribution in [3.05, 3.63) is 17.3 Å². The Morgan fingerprint density at radius 1 is 1.39 bits per heavy atom. The molecule has 23 heavy (non-hydrogen) atoms. The van der Waals surface area contributed by atoms with E-state index >= 15 is 0 Å². The molecule has 0 aliphatic carbocycles. The van der Waals surface area contributed by atoms with Crippen molar-refractivity contribution >= 4 is 39.2 Å². The van der Waals surface area contributed by atoms with E-state index < -0.39 is 18.1 Å². The summed E-state index contributed by atoms with van der Waals surface area (Å²) in [6.07, 6.45) is 2.53. The Hall–Kier alpha value is -2.22. The van der Waals surface area contributed by atoms with Gasteiger partial charge in [0.25, 0.3) is 0 Å². The molecule has 0 saturated heterocycles. The number of carbonyl (C=O) groups excluding carboxylic acids is 1. The summed E-state index contributed by atoms with van der Waals surface area (Å²) in [6, 6.07) is 0.488. The number of nitrogens with one attached hydrogen (secondary N) is 2. The monoisotopic (exact) mass is 336 g/mol. The minimum atomic E-state index is -1.02. The van der Waals surface area contributed by atoms with Crippen LogP contribution in [-0.2, 0) is 9.59 Å². The Morgan fingerprint density at radius 3 is 2.78 bits per heavy atom. The molecule has 7 nitrogen and oxygen atoms in total. The van der Waals surface area contributed by atoms with E-state index in [0.29, 0.717) is 18.7 Å². The Bertz CT molecular complexity index is 716. The van der Waals surface area contributed by atoms with Gasteiger partial charge in [-0.25, -0.2) is 14.8 Å². The lowest BCUT2D eigenvalue weighted by atomic mass is 10.1. The molecule has 124 valence electrons. The largest absolute Gasteiger partial charge is 0.480 e. The summed E-state index contributed by atoms with van der Waals surface area (Å²) >= 11 is 1.55. The quantitative estimate of drug-likeness (QED) is 0.716. The summed E-state index contributed by atoms with van der Waals surface area (Å²) in [7, 11) is 0. The fourth-order valence-corrected chi connectivity index (χ4v) is 3.05. The van der Waals surface area contributed by atoms with E-state index in [1.54, 1.807) is 18.3 Å². The fraction of sp³-hybridized carbons (Fsp3) is 0.467. The predicted octanol–water partition coefficient (Wildman–Crippen LogP) is 2.17. The summed E-state index contributed by atoms with van der Waals surface area (Å²) in [6.45, 7) is 5.53. The van der Waals surface area contributed by atoms with Crippen molar-refractivity contribution in [2.75, 3.05) is 5.32 Å². The molecule has 0 fully saturated rings. The van der Waals surface area contributed by atoms with Gasteiger partial charge in [-0.05, 0) is 26.3 Å². The van der Waals surface area contributed by atoms with Gasteiger partial charge in [0.1, 0.15) is 29.1 Å². The van der Waals surface area contributed by atoms with Gasteiger partial charge in [-0.15, -0.1) is 11.3 Å². The van der Waals surface area contributed by atoms with Gasteiger partial charge in [-0.3, -0.25) is 4.79 Å². The van der Waals surface area contributed by atoms with Crippen molar-refractivity contribution in [3.63, 3.8) is 0 Å². The molecule has 8 heteroatoms. The van der Waals surface area contributed by atoms with Crippen LogP contribution < -0.4 is 10.6 Å². The van der Waals surface area contributed by atoms with Gasteiger partial charge < -0.3 is 15.7 Å². The van der Waals surface area contributed by atoms with Crippen LogP contribution >= 0.6 is 11.3 Å². The van der Waals surface area contributed by atoms with Gasteiger partial charge in [-0.2, -0.15) is 0 Å². The Kier molecular flexibility index (Phi) is 5.49. The van der Waals surface area contributed by atoms with Gasteiger partial charge in [-0.1, -0.05) is 13.3 Å². The molecule has 0 saturated carbocycles. The number of aliphatic carboxylic acids is 1. The topological polar surface area (TPSA) is 104 Å². The number of anilines is 1. The number of carboxylic acids is 1. The molecule has 3 N–H and O–H groups in total. The molecule has 0 radical (unpaired) electrons. The van der Waals surface area contributed by atoms with E-state index in [1.807, 2.05) is 19.9 Å². The third-order valence-corrected chi connectivity index (χ3v) is 4.35. The van der Waals surface area contributed by atoms with Gasteiger partial charge in [0.2, 0.25) is 5.91 Å². The summed E-state index contributed by atoms with van der Waals surface area (Å²) < 4.78 is 0. The summed E-state index contributed by atoms with van der Waals surface area (Å²) in [5.41, 5.74) is 0. The van der Waals surface area contributed by atoms with Gasteiger partial charge in [0, 0.05) is 4.88 Å². The van der Waals surface area contributed by atoms with Crippen LogP contribution in [-0.4, -0.2) is 39.0 Å². The molecule has 0 bridgehead atoms. The number of nitrogens with zero attached hydrogens (tertiary/aromatic N) is 2. The number of aromatic nitrogens is 2. The van der Waals surface area contributed by atoms with Gasteiger partial charge >= 0.3 is 5.97 Å². The molecular weight excluding hydrogens is 316 g/mol. The summed E-state index contributed by atoms with van der Waals surface area (Å²) in [4.78, 5) is 33.7. The normalized spacial score (nSPS) is 13.5. The van der Waals surface area contributed by atoms with Crippen molar-refractivity contribution in [1.29, 1.82) is 0 Å². The number of rotatable bonds is 7. The second kappa shape index (κ2) is 7.36. The smallest absolute Gasteiger partial charge is 0.326 e. The molecule has 2 heterocycles. The minimum Gasteiger partial charge on any atom is -0.480 e. The van der Waals surface area contributed by atoms with Crippen LogP contribution in [0.1, 0.15) is 31.6 Å². The van der Waals surface area contributed by atoms with Crippen molar-refractivity contribution in [1.82, 2.24) is 15.3 Å². The average molecular weight is 336 g/mol. The van der Waals surface area contributed by atoms with Gasteiger partial charge in [0.15, 0.2) is 0 Å². The molecule has 0 aliphatic heterocycles. The maximum atomic E-state index is 12.2. The second-order valence-electron chi connectivity index (χ2n) is 5.35. The van der Waals surface area contributed by atoms with E-state index in [0.717, 1.165) is 15.1 Å². The Balaban J connectivity index is 2.09. The molecule has 2 atom stereocenters. The standard InChI is InChI=1S/C15H20N4O3S/c1-4-5-11(15(21)22)19-13(20)9(3)18-12-10-6-8(2)23-14(10)17-7-16-12/h6-7,9,11H,4-5H2,1-3H3,(H,19,20)(H,21,22)(H,16,17,18). The van der Waals surface area contributed by atoms with Crippen LogP contribution in [0.15, 0.2) is 12.4 Å². The number of hydrogen-bond donors (Lipinski definition) is 3. The molecule has 0 aromatic carbocycles. The van der Waals surface area contributed by atoms with Crippen LogP contribution in [0.25, 0.3) is 10.2 Å². The van der Waals surface area contributed by atoms with E-state index in [9.17, 15) is 9.59 Å². The zero-order chi connectivity index (χ0) is 17.0. The predicted molar refractivity (Wildman–Crippen MR) is 89.7 cm³/mol. The molecular formula is C15H20N4O3S. The number of thiophene rings is 1. The highest BCUT2D eigenvalue weighted by Crippen LogP contribution is 2.27. The first-order valence-corrected chi connectivity index (χ1v) is 8.24. The SMILES string of the molecule is CCCC(NC(=O)C(C)Nc1ncnc2sc(C)cc12)C(=O)O. The van der Waals surface area contributed by atoms with Crippen molar-refractivity contribution in [2.24, 2.45) is 0 Å². The fourth-order valence-electron chi connectivity index (χ4n) is 2.20. The third kappa shape index (κ3) is 4.16. The van der Waals surface area contributed by atoms with Crippen LogP contribution in [0, 0.1) is 6.92 Å². The molecule has 2 aromatic rings. The van der Waals surface area contributed by atoms with E-state index in [2.05, 4.69) is 20.6 Å². The van der Waals surface area contributed by atoms with Crippen LogP contribution in [0.5, 0.6) is 0 Å². The number of carboxylic acid groups (broad SMARTS) is 1. The highest BCUT2D eigenvalue weighted by atomic mass is 32.1. The van der Waals surface area contributed by atoms with E-state index in [1.165, 1.54) is 6.33 Å². The first-order chi connectivity index (χ1) is 10.9. The van der Waals surface area contributed by atoms with Crippen molar-refractivity contribution in [2.45, 2.75) is 45.7 Å². The molecule has 0 aliphatic rings. The zero-order valence-electron chi connectivity index (χ0n) is 13.3. The lowest BCUT2D eigenvalue weighted by molar-refractivity contribution is -0.142. The van der Waals surface area contributed by atoms with Crippen LogP contribution in [0.3, 0.4) is 0 Å². The molecule has 2 aromatic heterocycles. The second-order valence-corrected chi connectivity index (χ2v) is 6.59. The maximum Gasteiger partial charge on any atom is 0.326 e. The molecule has 2 rings (SSSR count). The molecule has 0 spiro atoms. The van der Waals surface area contributed by atoms with Crippen LogP contribution in [0.2, 0.25) is 0 Å². The van der Waals surface area contributed by atoms with Gasteiger partial charge in [0.05, 0.1) is 5.39 Å². The molecule has 1 amide bonds. The summed E-state index contributed by atoms with van der Waals surface area (Å²) in [5, 5.41) is 15.6. The maximum absolute atomic E-state index is 12.2. The number of hydrogen-bond acceptors (Lipinski definition) is 6. The van der Waals surface area contributed by atoms with E-state index in [4.69, 9.17) is 5.11 Å².